The highest BCUT2D eigenvalue weighted by molar-refractivity contribution is 5.94. The topological polar surface area (TPSA) is 23.6 Å². The number of carbonyl (C=O) groups is 1. The van der Waals surface area contributed by atoms with Crippen LogP contribution in [0.25, 0.3) is 0 Å². The van der Waals surface area contributed by atoms with Gasteiger partial charge in [0.2, 0.25) is 0 Å². The second-order valence-electron chi connectivity index (χ2n) is 4.80. The van der Waals surface area contributed by atoms with Crippen LogP contribution in [-0.4, -0.2) is 48.4 Å². The number of nitrogens with zero attached hydrogens (tertiary/aromatic N) is 2. The van der Waals surface area contributed by atoms with Crippen LogP contribution in [0.2, 0.25) is 0 Å². The Morgan fingerprint density at radius 2 is 1.62 bits per heavy atom. The van der Waals surface area contributed by atoms with Crippen molar-refractivity contribution in [3.8, 4) is 0 Å². The molecule has 0 bridgehead atoms. The summed E-state index contributed by atoms with van der Waals surface area (Å²) in [4.78, 5) is 16.1. The summed E-state index contributed by atoms with van der Waals surface area (Å²) in [5.74, 6) is -0.200. The molecule has 0 N–H and O–H groups in total. The summed E-state index contributed by atoms with van der Waals surface area (Å²) in [6.45, 7) is 5.86. The molecule has 0 saturated carbocycles. The summed E-state index contributed by atoms with van der Waals surface area (Å²) in [5.41, 5.74) is -0.423. The maximum Gasteiger partial charge on any atom is 0.416 e. The number of rotatable bonds is 2. The van der Waals surface area contributed by atoms with Gasteiger partial charge in [0.15, 0.2) is 0 Å². The van der Waals surface area contributed by atoms with Gasteiger partial charge in [0.1, 0.15) is 0 Å². The van der Waals surface area contributed by atoms with Crippen molar-refractivity contribution in [2.45, 2.75) is 13.1 Å². The molecule has 1 aliphatic heterocycles. The van der Waals surface area contributed by atoms with Crippen LogP contribution in [0.3, 0.4) is 0 Å². The lowest BCUT2D eigenvalue weighted by Crippen LogP contribution is -2.48. The van der Waals surface area contributed by atoms with Gasteiger partial charge < -0.3 is 9.80 Å². The Labute approximate surface area is 128 Å². The standard InChI is InChI=1S/C14H17F3N2O.ClH/c1-2-18-7-9-19(10-8-18)13(20)11-3-5-12(6-4-11)14(15,16)17;/h3-6H,2,7-10H2,1H3;1H. The van der Waals surface area contributed by atoms with Gasteiger partial charge in [0, 0.05) is 31.7 Å². The third-order valence-electron chi connectivity index (χ3n) is 3.57. The first-order chi connectivity index (χ1) is 9.41. The summed E-state index contributed by atoms with van der Waals surface area (Å²) in [7, 11) is 0. The van der Waals surface area contributed by atoms with Gasteiger partial charge in [-0.05, 0) is 30.8 Å². The quantitative estimate of drug-likeness (QED) is 0.836. The minimum atomic E-state index is -4.37. The first-order valence-corrected chi connectivity index (χ1v) is 6.60. The SMILES string of the molecule is CCN1CCN(C(=O)c2ccc(C(F)(F)F)cc2)CC1.Cl. The van der Waals surface area contributed by atoms with Gasteiger partial charge in [-0.25, -0.2) is 0 Å². The van der Waals surface area contributed by atoms with E-state index in [2.05, 4.69) is 11.8 Å². The van der Waals surface area contributed by atoms with E-state index in [0.29, 0.717) is 18.7 Å². The van der Waals surface area contributed by atoms with Crippen molar-refractivity contribution in [1.82, 2.24) is 9.80 Å². The summed E-state index contributed by atoms with van der Waals surface area (Å²) < 4.78 is 37.4. The highest BCUT2D eigenvalue weighted by Gasteiger charge is 2.30. The predicted molar refractivity (Wildman–Crippen MR) is 76.7 cm³/mol. The molecule has 1 fully saturated rings. The Morgan fingerprint density at radius 1 is 1.10 bits per heavy atom. The predicted octanol–water partition coefficient (Wildman–Crippen LogP) is 2.90. The zero-order valence-corrected chi connectivity index (χ0v) is 12.5. The first kappa shape index (κ1) is 17.8. The average molecular weight is 323 g/mol. The Bertz CT molecular complexity index is 468. The van der Waals surface area contributed by atoms with Crippen LogP contribution in [-0.2, 0) is 6.18 Å². The van der Waals surface area contributed by atoms with Gasteiger partial charge in [-0.2, -0.15) is 13.2 Å². The maximum atomic E-state index is 12.5. The highest BCUT2D eigenvalue weighted by Crippen LogP contribution is 2.29. The summed E-state index contributed by atoms with van der Waals surface area (Å²) in [6, 6.07) is 4.40. The molecular formula is C14H18ClF3N2O. The molecule has 118 valence electrons. The fourth-order valence-electron chi connectivity index (χ4n) is 2.25. The Hall–Kier alpha value is -1.27. The van der Waals surface area contributed by atoms with Crippen LogP contribution in [0, 0.1) is 0 Å². The molecule has 0 unspecified atom stereocenters. The molecule has 0 atom stereocenters. The van der Waals surface area contributed by atoms with Gasteiger partial charge in [0.25, 0.3) is 5.91 Å². The maximum absolute atomic E-state index is 12.5. The number of carbonyl (C=O) groups excluding carboxylic acids is 1. The normalized spacial score (nSPS) is 16.5. The lowest BCUT2D eigenvalue weighted by molar-refractivity contribution is -0.137. The number of likely N-dealkylation sites (N-methyl/N-ethyl adjacent to an activating group) is 1. The molecule has 7 heteroatoms. The van der Waals surface area contributed by atoms with E-state index in [1.807, 2.05) is 0 Å². The Kier molecular flexibility index (Phi) is 6.04. The average Bonchev–Trinajstić information content (AvgIpc) is 2.46. The molecule has 2 rings (SSSR count). The van der Waals surface area contributed by atoms with Crippen molar-refractivity contribution in [2.24, 2.45) is 0 Å². The van der Waals surface area contributed by atoms with Gasteiger partial charge in [-0.15, -0.1) is 12.4 Å². The number of hydrogen-bond acceptors (Lipinski definition) is 2. The number of halogens is 4. The van der Waals surface area contributed by atoms with Gasteiger partial charge in [0.05, 0.1) is 5.56 Å². The summed E-state index contributed by atoms with van der Waals surface area (Å²) in [5, 5.41) is 0. The van der Waals surface area contributed by atoms with Crippen LogP contribution >= 0.6 is 12.4 Å². The molecular weight excluding hydrogens is 305 g/mol. The molecule has 21 heavy (non-hydrogen) atoms. The Morgan fingerprint density at radius 3 is 2.05 bits per heavy atom. The van der Waals surface area contributed by atoms with Crippen molar-refractivity contribution in [3.63, 3.8) is 0 Å². The van der Waals surface area contributed by atoms with Gasteiger partial charge >= 0.3 is 6.18 Å². The smallest absolute Gasteiger partial charge is 0.336 e. The number of benzene rings is 1. The molecule has 1 saturated heterocycles. The van der Waals surface area contributed by atoms with Crippen LogP contribution in [0.15, 0.2) is 24.3 Å². The lowest BCUT2D eigenvalue weighted by atomic mass is 10.1. The molecule has 1 aliphatic rings. The second kappa shape index (κ2) is 7.13. The fourth-order valence-corrected chi connectivity index (χ4v) is 2.25. The van der Waals surface area contributed by atoms with E-state index in [1.165, 1.54) is 12.1 Å². The monoisotopic (exact) mass is 322 g/mol. The fraction of sp³-hybridized carbons (Fsp3) is 0.500. The van der Waals surface area contributed by atoms with E-state index in [-0.39, 0.29) is 18.3 Å². The van der Waals surface area contributed by atoms with Crippen LogP contribution in [0.4, 0.5) is 13.2 Å². The van der Waals surface area contributed by atoms with Gasteiger partial charge in [-0.3, -0.25) is 4.79 Å². The molecule has 3 nitrogen and oxygen atoms in total. The van der Waals surface area contributed by atoms with E-state index in [9.17, 15) is 18.0 Å². The van der Waals surface area contributed by atoms with E-state index in [0.717, 1.165) is 31.8 Å². The van der Waals surface area contributed by atoms with E-state index < -0.39 is 11.7 Å². The minimum absolute atomic E-state index is 0. The highest BCUT2D eigenvalue weighted by atomic mass is 35.5. The largest absolute Gasteiger partial charge is 0.416 e. The molecule has 0 aliphatic carbocycles. The molecule has 1 amide bonds. The zero-order chi connectivity index (χ0) is 14.8. The third kappa shape index (κ3) is 4.35. The molecule has 1 aromatic rings. The second-order valence-corrected chi connectivity index (χ2v) is 4.80. The van der Waals surface area contributed by atoms with E-state index >= 15 is 0 Å². The third-order valence-corrected chi connectivity index (χ3v) is 3.57. The molecule has 1 aromatic carbocycles. The van der Waals surface area contributed by atoms with Crippen LogP contribution in [0.1, 0.15) is 22.8 Å². The van der Waals surface area contributed by atoms with Crippen molar-refractivity contribution in [2.75, 3.05) is 32.7 Å². The molecule has 0 radical (unpaired) electrons. The molecule has 0 spiro atoms. The first-order valence-electron chi connectivity index (χ1n) is 6.60. The van der Waals surface area contributed by atoms with Crippen molar-refractivity contribution >= 4 is 18.3 Å². The molecule has 0 aromatic heterocycles. The van der Waals surface area contributed by atoms with E-state index in [4.69, 9.17) is 0 Å². The minimum Gasteiger partial charge on any atom is -0.336 e. The van der Waals surface area contributed by atoms with Crippen molar-refractivity contribution in [3.05, 3.63) is 35.4 Å². The number of piperazine rings is 1. The van der Waals surface area contributed by atoms with Crippen molar-refractivity contribution in [1.29, 1.82) is 0 Å². The zero-order valence-electron chi connectivity index (χ0n) is 11.7. The summed E-state index contributed by atoms with van der Waals surface area (Å²) >= 11 is 0. The summed E-state index contributed by atoms with van der Waals surface area (Å²) in [6.07, 6.45) is -4.37. The van der Waals surface area contributed by atoms with Crippen molar-refractivity contribution < 1.29 is 18.0 Å². The molecule has 1 heterocycles. The van der Waals surface area contributed by atoms with Gasteiger partial charge in [-0.1, -0.05) is 6.92 Å². The van der Waals surface area contributed by atoms with E-state index in [1.54, 1.807) is 4.90 Å². The van der Waals surface area contributed by atoms with Crippen LogP contribution in [0.5, 0.6) is 0 Å². The number of alkyl halides is 3. The van der Waals surface area contributed by atoms with Crippen LogP contribution < -0.4 is 0 Å². The number of amides is 1. The lowest BCUT2D eigenvalue weighted by Gasteiger charge is -2.34. The number of hydrogen-bond donors (Lipinski definition) is 0. The Balaban J connectivity index is 0.00000220.